The van der Waals surface area contributed by atoms with Crippen LogP contribution in [0.2, 0.25) is 0 Å². The van der Waals surface area contributed by atoms with Crippen LogP contribution in [-0.4, -0.2) is 36.0 Å². The summed E-state index contributed by atoms with van der Waals surface area (Å²) in [5.41, 5.74) is 3.33. The molecule has 0 bridgehead atoms. The van der Waals surface area contributed by atoms with E-state index in [2.05, 4.69) is 10.2 Å². The molecule has 1 aromatic carbocycles. The number of hydrogen-bond donors (Lipinski definition) is 1. The summed E-state index contributed by atoms with van der Waals surface area (Å²) in [6, 6.07) is 7.49. The summed E-state index contributed by atoms with van der Waals surface area (Å²) in [6.45, 7) is 0.861. The molecule has 2 aliphatic rings. The first-order chi connectivity index (χ1) is 13.0. The normalized spacial score (nSPS) is 18.4. The van der Waals surface area contributed by atoms with Crippen LogP contribution in [0.15, 0.2) is 44.4 Å². The molecule has 1 N–H and O–H groups in total. The number of benzene rings is 1. The van der Waals surface area contributed by atoms with E-state index in [9.17, 15) is 13.2 Å². The molecule has 3 heterocycles. The fourth-order valence-electron chi connectivity index (χ4n) is 3.78. The molecule has 7 nitrogen and oxygen atoms in total. The van der Waals surface area contributed by atoms with Crippen molar-refractivity contribution in [2.45, 2.75) is 36.5 Å². The highest BCUT2D eigenvalue weighted by Crippen LogP contribution is 2.41. The standard InChI is InChI=1S/C19H19N3O4S/c23-18-6-3-13-11-14(4-5-17(13)26-18)27(24,25)22-9-7-15-16(8-10-22)20-21-19(15)12-1-2-12/h3-6,11-12H,1-2,7-10H2,(H,20,21). The Bertz CT molecular complexity index is 1190. The maximum atomic E-state index is 13.2. The topological polar surface area (TPSA) is 96.3 Å². The third-order valence-electron chi connectivity index (χ3n) is 5.40. The molecule has 140 valence electrons. The van der Waals surface area contributed by atoms with Gasteiger partial charge in [-0.15, -0.1) is 0 Å². The molecule has 1 aliphatic carbocycles. The molecular formula is C19H19N3O4S. The van der Waals surface area contributed by atoms with Crippen LogP contribution >= 0.6 is 0 Å². The first kappa shape index (κ1) is 16.7. The number of H-pyrrole nitrogens is 1. The molecular weight excluding hydrogens is 366 g/mol. The van der Waals surface area contributed by atoms with Crippen LogP contribution in [0.4, 0.5) is 0 Å². The zero-order chi connectivity index (χ0) is 18.6. The Hall–Kier alpha value is -2.45. The Morgan fingerprint density at radius 3 is 2.74 bits per heavy atom. The van der Waals surface area contributed by atoms with Gasteiger partial charge in [0.15, 0.2) is 0 Å². The summed E-state index contributed by atoms with van der Waals surface area (Å²) in [5.74, 6) is 0.545. The molecule has 0 unspecified atom stereocenters. The largest absolute Gasteiger partial charge is 0.423 e. The van der Waals surface area contributed by atoms with E-state index in [-0.39, 0.29) is 4.90 Å². The Morgan fingerprint density at radius 2 is 1.93 bits per heavy atom. The van der Waals surface area contributed by atoms with Gasteiger partial charge in [0, 0.05) is 42.6 Å². The van der Waals surface area contributed by atoms with Crippen molar-refractivity contribution in [2.24, 2.45) is 0 Å². The molecule has 3 aromatic rings. The third-order valence-corrected chi connectivity index (χ3v) is 7.29. The van der Waals surface area contributed by atoms with Gasteiger partial charge in [-0.05, 0) is 49.1 Å². The average molecular weight is 385 g/mol. The van der Waals surface area contributed by atoms with Crippen LogP contribution in [0.3, 0.4) is 0 Å². The van der Waals surface area contributed by atoms with E-state index in [4.69, 9.17) is 4.42 Å². The molecule has 2 aromatic heterocycles. The zero-order valence-corrected chi connectivity index (χ0v) is 15.5. The monoisotopic (exact) mass is 385 g/mol. The number of rotatable bonds is 3. The van der Waals surface area contributed by atoms with Gasteiger partial charge in [-0.3, -0.25) is 5.10 Å². The Balaban J connectivity index is 1.45. The highest BCUT2D eigenvalue weighted by molar-refractivity contribution is 7.89. The second-order valence-corrected chi connectivity index (χ2v) is 9.14. The second-order valence-electron chi connectivity index (χ2n) is 7.20. The predicted molar refractivity (Wildman–Crippen MR) is 99.2 cm³/mol. The van der Waals surface area contributed by atoms with Gasteiger partial charge in [0.25, 0.3) is 0 Å². The number of hydrogen-bond acceptors (Lipinski definition) is 5. The number of aromatic amines is 1. The second kappa shape index (κ2) is 6.03. The van der Waals surface area contributed by atoms with Crippen molar-refractivity contribution < 1.29 is 12.8 Å². The van der Waals surface area contributed by atoms with Gasteiger partial charge in [0.1, 0.15) is 5.58 Å². The lowest BCUT2D eigenvalue weighted by molar-refractivity contribution is 0.425. The van der Waals surface area contributed by atoms with Crippen LogP contribution in [0.25, 0.3) is 11.0 Å². The van der Waals surface area contributed by atoms with E-state index in [1.807, 2.05) is 0 Å². The SMILES string of the molecule is O=c1ccc2cc(S(=O)(=O)N3CCc4[nH]nc(C5CC5)c4CC3)ccc2o1. The van der Waals surface area contributed by atoms with Crippen molar-refractivity contribution in [3.05, 3.63) is 57.7 Å². The van der Waals surface area contributed by atoms with E-state index in [1.165, 1.54) is 34.8 Å². The van der Waals surface area contributed by atoms with Crippen molar-refractivity contribution >= 4 is 21.0 Å². The van der Waals surface area contributed by atoms with Gasteiger partial charge >= 0.3 is 5.63 Å². The Morgan fingerprint density at radius 1 is 1.11 bits per heavy atom. The number of fused-ring (bicyclic) bond motifs is 2. The molecule has 0 spiro atoms. The summed E-state index contributed by atoms with van der Waals surface area (Å²) in [5, 5.41) is 8.17. The minimum absolute atomic E-state index is 0.218. The minimum Gasteiger partial charge on any atom is -0.423 e. The maximum Gasteiger partial charge on any atom is 0.336 e. The number of aromatic nitrogens is 2. The quantitative estimate of drug-likeness (QED) is 0.697. The van der Waals surface area contributed by atoms with Crippen molar-refractivity contribution in [3.8, 4) is 0 Å². The van der Waals surface area contributed by atoms with Gasteiger partial charge in [-0.1, -0.05) is 0 Å². The number of nitrogens with zero attached hydrogens (tertiary/aromatic N) is 2. The Kier molecular flexibility index (Phi) is 3.73. The Labute approximate surface area is 156 Å². The molecule has 1 fully saturated rings. The van der Waals surface area contributed by atoms with E-state index < -0.39 is 15.6 Å². The summed E-state index contributed by atoms with van der Waals surface area (Å²) >= 11 is 0. The van der Waals surface area contributed by atoms with Crippen molar-refractivity contribution in [1.82, 2.24) is 14.5 Å². The van der Waals surface area contributed by atoms with E-state index in [1.54, 1.807) is 18.2 Å². The van der Waals surface area contributed by atoms with E-state index >= 15 is 0 Å². The molecule has 5 rings (SSSR count). The minimum atomic E-state index is -3.62. The molecule has 1 aliphatic heterocycles. The highest BCUT2D eigenvalue weighted by atomic mass is 32.2. The smallest absolute Gasteiger partial charge is 0.336 e. The average Bonchev–Trinajstić information content (AvgIpc) is 3.46. The third kappa shape index (κ3) is 2.89. The van der Waals surface area contributed by atoms with E-state index in [0.717, 1.165) is 11.4 Å². The molecule has 0 saturated heterocycles. The lowest BCUT2D eigenvalue weighted by Gasteiger charge is -2.20. The molecule has 0 atom stereocenters. The van der Waals surface area contributed by atoms with Gasteiger partial charge in [-0.2, -0.15) is 9.40 Å². The first-order valence-corrected chi connectivity index (χ1v) is 10.6. The fourth-order valence-corrected chi connectivity index (χ4v) is 5.26. The first-order valence-electron chi connectivity index (χ1n) is 9.12. The number of nitrogens with one attached hydrogen (secondary N) is 1. The summed E-state index contributed by atoms with van der Waals surface area (Å²) < 4.78 is 33.0. The molecule has 1 saturated carbocycles. The van der Waals surface area contributed by atoms with Gasteiger partial charge in [0.2, 0.25) is 10.0 Å². The summed E-state index contributed by atoms with van der Waals surface area (Å²) in [7, 11) is -3.62. The molecule has 0 amide bonds. The van der Waals surface area contributed by atoms with Crippen molar-refractivity contribution in [1.29, 1.82) is 0 Å². The highest BCUT2D eigenvalue weighted by Gasteiger charge is 2.33. The fraction of sp³-hybridized carbons (Fsp3) is 0.368. The van der Waals surface area contributed by atoms with E-state index in [0.29, 0.717) is 42.8 Å². The zero-order valence-electron chi connectivity index (χ0n) is 14.6. The van der Waals surface area contributed by atoms with Gasteiger partial charge < -0.3 is 4.42 Å². The molecule has 8 heteroatoms. The molecule has 27 heavy (non-hydrogen) atoms. The summed E-state index contributed by atoms with van der Waals surface area (Å²) in [6.07, 6.45) is 3.66. The van der Waals surface area contributed by atoms with Crippen LogP contribution in [-0.2, 0) is 22.9 Å². The van der Waals surface area contributed by atoms with Crippen LogP contribution in [0.5, 0.6) is 0 Å². The van der Waals surface area contributed by atoms with Crippen molar-refractivity contribution in [3.63, 3.8) is 0 Å². The van der Waals surface area contributed by atoms with Crippen molar-refractivity contribution in [2.75, 3.05) is 13.1 Å². The lowest BCUT2D eigenvalue weighted by atomic mass is 10.1. The maximum absolute atomic E-state index is 13.2. The van der Waals surface area contributed by atoms with Crippen LogP contribution in [0.1, 0.15) is 35.7 Å². The lowest BCUT2D eigenvalue weighted by Crippen LogP contribution is -2.33. The predicted octanol–water partition coefficient (Wildman–Crippen LogP) is 2.18. The van der Waals surface area contributed by atoms with Crippen LogP contribution in [0, 0.1) is 0 Å². The van der Waals surface area contributed by atoms with Gasteiger partial charge in [-0.25, -0.2) is 13.2 Å². The summed E-state index contributed by atoms with van der Waals surface area (Å²) in [4.78, 5) is 11.5. The van der Waals surface area contributed by atoms with Crippen LogP contribution < -0.4 is 5.63 Å². The molecule has 0 radical (unpaired) electrons. The van der Waals surface area contributed by atoms with Gasteiger partial charge in [0.05, 0.1) is 10.6 Å². The number of sulfonamides is 1.